The Balaban J connectivity index is 2.19. The second-order valence-corrected chi connectivity index (χ2v) is 6.35. The van der Waals surface area contributed by atoms with Crippen molar-refractivity contribution in [2.24, 2.45) is 0 Å². The Hall–Kier alpha value is -1.42. The number of hydrogen-bond donors (Lipinski definition) is 1. The van der Waals surface area contributed by atoms with Crippen LogP contribution in [0, 0.1) is 0 Å². The van der Waals surface area contributed by atoms with Crippen LogP contribution in [-0.4, -0.2) is 13.2 Å². The molecule has 1 N–H and O–H groups in total. The van der Waals surface area contributed by atoms with Crippen LogP contribution in [0.25, 0.3) is 0 Å². The molecule has 2 rings (SSSR count). The Bertz CT molecular complexity index is 659. The lowest BCUT2D eigenvalue weighted by Crippen LogP contribution is -2.22. The Morgan fingerprint density at radius 2 is 1.87 bits per heavy atom. The summed E-state index contributed by atoms with van der Waals surface area (Å²) < 4.78 is 11.4. The maximum atomic E-state index is 6.20. The van der Waals surface area contributed by atoms with E-state index in [4.69, 9.17) is 32.7 Å². The van der Waals surface area contributed by atoms with Crippen LogP contribution < -0.4 is 14.8 Å². The van der Waals surface area contributed by atoms with Gasteiger partial charge in [-0.3, -0.25) is 0 Å². The molecule has 23 heavy (non-hydrogen) atoms. The smallest absolute Gasteiger partial charge is 0.166 e. The van der Waals surface area contributed by atoms with E-state index in [-0.39, 0.29) is 0 Å². The van der Waals surface area contributed by atoms with Crippen molar-refractivity contribution in [3.8, 4) is 11.5 Å². The van der Waals surface area contributed by atoms with E-state index in [1.807, 2.05) is 24.3 Å². The van der Waals surface area contributed by atoms with Gasteiger partial charge in [0.1, 0.15) is 6.61 Å². The zero-order valence-electron chi connectivity index (χ0n) is 13.5. The van der Waals surface area contributed by atoms with Gasteiger partial charge in [-0.25, -0.2) is 0 Å². The second kappa shape index (κ2) is 8.44. The highest BCUT2D eigenvalue weighted by Crippen LogP contribution is 2.32. The minimum absolute atomic E-state index is 0.352. The van der Waals surface area contributed by atoms with E-state index in [0.717, 1.165) is 16.9 Å². The van der Waals surface area contributed by atoms with Crippen LogP contribution in [0.2, 0.25) is 10.0 Å². The summed E-state index contributed by atoms with van der Waals surface area (Å²) in [7, 11) is 1.64. The molecule has 0 atom stereocenters. The highest BCUT2D eigenvalue weighted by Gasteiger charge is 2.12. The second-order valence-electron chi connectivity index (χ2n) is 5.51. The summed E-state index contributed by atoms with van der Waals surface area (Å²) in [5.41, 5.74) is 1.92. The average molecular weight is 354 g/mol. The number of halogens is 2. The van der Waals surface area contributed by atoms with Crippen LogP contribution in [0.4, 0.5) is 0 Å². The summed E-state index contributed by atoms with van der Waals surface area (Å²) in [5.74, 6) is 1.44. The van der Waals surface area contributed by atoms with E-state index < -0.39 is 0 Å². The van der Waals surface area contributed by atoms with Crippen LogP contribution >= 0.6 is 23.2 Å². The molecule has 0 aliphatic carbocycles. The first-order valence-electron chi connectivity index (χ1n) is 7.47. The quantitative estimate of drug-likeness (QED) is 0.752. The van der Waals surface area contributed by atoms with E-state index in [0.29, 0.717) is 35.0 Å². The minimum atomic E-state index is 0.352. The van der Waals surface area contributed by atoms with Gasteiger partial charge in [-0.2, -0.15) is 0 Å². The number of methoxy groups -OCH3 is 1. The van der Waals surface area contributed by atoms with Gasteiger partial charge in [0.15, 0.2) is 11.5 Å². The van der Waals surface area contributed by atoms with E-state index in [1.54, 1.807) is 19.2 Å². The van der Waals surface area contributed by atoms with Crippen molar-refractivity contribution in [1.29, 1.82) is 0 Å². The molecule has 124 valence electrons. The van der Waals surface area contributed by atoms with E-state index in [1.165, 1.54) is 0 Å². The number of ether oxygens (including phenoxy) is 2. The van der Waals surface area contributed by atoms with Gasteiger partial charge in [-0.05, 0) is 18.2 Å². The Labute approximate surface area is 147 Å². The third kappa shape index (κ3) is 5.03. The van der Waals surface area contributed by atoms with Gasteiger partial charge in [-0.15, -0.1) is 0 Å². The average Bonchev–Trinajstić information content (AvgIpc) is 2.52. The van der Waals surface area contributed by atoms with Crippen molar-refractivity contribution in [2.75, 3.05) is 7.11 Å². The maximum Gasteiger partial charge on any atom is 0.166 e. The van der Waals surface area contributed by atoms with Crippen molar-refractivity contribution in [3.05, 3.63) is 57.6 Å². The summed E-state index contributed by atoms with van der Waals surface area (Å²) >= 11 is 12.1. The Morgan fingerprint density at radius 3 is 2.52 bits per heavy atom. The number of nitrogens with one attached hydrogen (secondary N) is 1. The molecular weight excluding hydrogens is 333 g/mol. The molecule has 0 heterocycles. The molecule has 5 heteroatoms. The largest absolute Gasteiger partial charge is 0.493 e. The number of para-hydroxylation sites is 1. The summed E-state index contributed by atoms with van der Waals surface area (Å²) in [5, 5.41) is 4.59. The molecule has 0 amide bonds. The molecule has 2 aromatic rings. The standard InChI is InChI=1S/C18H21Cl2NO2/c1-12(2)21-10-13-5-4-6-17(22-3)18(13)23-11-14-7-8-15(19)9-16(14)20/h4-9,12,21H,10-11H2,1-3H3. The Kier molecular flexibility index (Phi) is 6.58. The lowest BCUT2D eigenvalue weighted by Gasteiger charge is -2.17. The van der Waals surface area contributed by atoms with Crippen molar-refractivity contribution >= 4 is 23.2 Å². The molecular formula is C18H21Cl2NO2. The lowest BCUT2D eigenvalue weighted by molar-refractivity contribution is 0.280. The molecule has 2 aromatic carbocycles. The predicted octanol–water partition coefficient (Wildman–Crippen LogP) is 5.08. The van der Waals surface area contributed by atoms with Crippen LogP contribution in [-0.2, 0) is 13.2 Å². The Morgan fingerprint density at radius 1 is 1.09 bits per heavy atom. The van der Waals surface area contributed by atoms with Crippen LogP contribution in [0.5, 0.6) is 11.5 Å². The summed E-state index contributed by atoms with van der Waals surface area (Å²) in [6.45, 7) is 5.27. The van der Waals surface area contributed by atoms with E-state index >= 15 is 0 Å². The van der Waals surface area contributed by atoms with Crippen molar-refractivity contribution in [3.63, 3.8) is 0 Å². The molecule has 3 nitrogen and oxygen atoms in total. The molecule has 0 fully saturated rings. The molecule has 0 spiro atoms. The molecule has 0 unspecified atom stereocenters. The fourth-order valence-electron chi connectivity index (χ4n) is 2.13. The maximum absolute atomic E-state index is 6.20. The molecule has 0 aliphatic rings. The molecule has 0 radical (unpaired) electrons. The van der Waals surface area contributed by atoms with Crippen molar-refractivity contribution < 1.29 is 9.47 Å². The zero-order chi connectivity index (χ0) is 16.8. The topological polar surface area (TPSA) is 30.5 Å². The van der Waals surface area contributed by atoms with Gasteiger partial charge in [0.2, 0.25) is 0 Å². The first kappa shape index (κ1) is 17.9. The third-order valence-corrected chi connectivity index (χ3v) is 3.96. The first-order chi connectivity index (χ1) is 11.0. The summed E-state index contributed by atoms with van der Waals surface area (Å²) in [6, 6.07) is 11.6. The van der Waals surface area contributed by atoms with Crippen molar-refractivity contribution in [1.82, 2.24) is 5.32 Å². The highest BCUT2D eigenvalue weighted by atomic mass is 35.5. The van der Waals surface area contributed by atoms with Gasteiger partial charge in [0, 0.05) is 33.8 Å². The molecule has 0 saturated heterocycles. The van der Waals surface area contributed by atoms with Gasteiger partial charge in [0.05, 0.1) is 7.11 Å². The monoisotopic (exact) mass is 353 g/mol. The van der Waals surface area contributed by atoms with Crippen LogP contribution in [0.15, 0.2) is 36.4 Å². The summed E-state index contributed by atoms with van der Waals surface area (Å²) in [6.07, 6.45) is 0. The van der Waals surface area contributed by atoms with Crippen LogP contribution in [0.1, 0.15) is 25.0 Å². The fourth-order valence-corrected chi connectivity index (χ4v) is 2.59. The normalized spacial score (nSPS) is 10.9. The van der Waals surface area contributed by atoms with Gasteiger partial charge < -0.3 is 14.8 Å². The van der Waals surface area contributed by atoms with E-state index in [2.05, 4.69) is 19.2 Å². The number of benzene rings is 2. The number of rotatable bonds is 7. The fraction of sp³-hybridized carbons (Fsp3) is 0.333. The zero-order valence-corrected chi connectivity index (χ0v) is 15.0. The van der Waals surface area contributed by atoms with Gasteiger partial charge in [-0.1, -0.05) is 55.2 Å². The van der Waals surface area contributed by atoms with Crippen LogP contribution in [0.3, 0.4) is 0 Å². The third-order valence-electron chi connectivity index (χ3n) is 3.37. The molecule has 0 saturated carbocycles. The molecule has 0 aliphatic heterocycles. The van der Waals surface area contributed by atoms with E-state index in [9.17, 15) is 0 Å². The summed E-state index contributed by atoms with van der Waals surface area (Å²) in [4.78, 5) is 0. The lowest BCUT2D eigenvalue weighted by atomic mass is 10.1. The van der Waals surface area contributed by atoms with Gasteiger partial charge in [0.25, 0.3) is 0 Å². The van der Waals surface area contributed by atoms with Gasteiger partial charge >= 0.3 is 0 Å². The van der Waals surface area contributed by atoms with Crippen molar-refractivity contribution in [2.45, 2.75) is 33.0 Å². The highest BCUT2D eigenvalue weighted by molar-refractivity contribution is 6.35. The SMILES string of the molecule is COc1cccc(CNC(C)C)c1OCc1ccc(Cl)cc1Cl. The predicted molar refractivity (Wildman–Crippen MR) is 95.8 cm³/mol. The number of hydrogen-bond acceptors (Lipinski definition) is 3. The first-order valence-corrected chi connectivity index (χ1v) is 8.23. The molecule has 0 aromatic heterocycles. The minimum Gasteiger partial charge on any atom is -0.493 e. The molecule has 0 bridgehead atoms.